The molecule has 0 saturated heterocycles. The third kappa shape index (κ3) is 0.892. The normalized spacial score (nSPS) is 24.9. The minimum Gasteiger partial charge on any atom is -0.330 e. The van der Waals surface area contributed by atoms with Crippen LogP contribution in [0.1, 0.15) is 12.8 Å². The highest BCUT2D eigenvalue weighted by Gasteiger charge is 2.39. The highest BCUT2D eigenvalue weighted by atomic mass is 35.5. The van der Waals surface area contributed by atoms with Crippen molar-refractivity contribution in [1.29, 1.82) is 0 Å². The van der Waals surface area contributed by atoms with Crippen LogP contribution in [0.15, 0.2) is 0 Å². The maximum atomic E-state index is 5.58. The molecule has 42 valence electrons. The maximum absolute atomic E-state index is 5.58. The van der Waals surface area contributed by atoms with Crippen LogP contribution in [-0.4, -0.2) is 12.4 Å². The quantitative estimate of drug-likeness (QED) is 0.539. The number of hydrogen-bond donors (Lipinski definition) is 1. The highest BCUT2D eigenvalue weighted by molar-refractivity contribution is 6.18. The first-order valence-electron chi connectivity index (χ1n) is 2.59. The van der Waals surface area contributed by atoms with Gasteiger partial charge in [-0.15, -0.1) is 11.6 Å². The first-order chi connectivity index (χ1) is 3.33. The summed E-state index contributed by atoms with van der Waals surface area (Å²) >= 11 is 5.58. The van der Waals surface area contributed by atoms with E-state index in [9.17, 15) is 0 Å². The Morgan fingerprint density at radius 3 is 2.14 bits per heavy atom. The predicted octanol–water partition coefficient (Wildman–Crippen LogP) is 0.964. The summed E-state index contributed by atoms with van der Waals surface area (Å²) in [5, 5.41) is 0. The lowest BCUT2D eigenvalue weighted by Crippen LogP contribution is -2.16. The summed E-state index contributed by atoms with van der Waals surface area (Å²) < 4.78 is 0. The molecule has 0 spiro atoms. The van der Waals surface area contributed by atoms with E-state index < -0.39 is 0 Å². The molecule has 1 aliphatic rings. The molecular weight excluding hydrogens is 110 g/mol. The van der Waals surface area contributed by atoms with Crippen LogP contribution in [0, 0.1) is 5.41 Å². The van der Waals surface area contributed by atoms with E-state index in [0.29, 0.717) is 5.41 Å². The fourth-order valence-electron chi connectivity index (χ4n) is 0.569. The largest absolute Gasteiger partial charge is 0.330 e. The Kier molecular flexibility index (Phi) is 1.26. The van der Waals surface area contributed by atoms with Gasteiger partial charge in [0.15, 0.2) is 0 Å². The number of nitrogens with two attached hydrogens (primary N) is 1. The molecule has 2 N–H and O–H groups in total. The van der Waals surface area contributed by atoms with Crippen LogP contribution >= 0.6 is 11.6 Å². The molecular formula is C5H10ClN. The van der Waals surface area contributed by atoms with Crippen LogP contribution in [0.25, 0.3) is 0 Å². The van der Waals surface area contributed by atoms with Gasteiger partial charge >= 0.3 is 0 Å². The van der Waals surface area contributed by atoms with E-state index in [2.05, 4.69) is 0 Å². The van der Waals surface area contributed by atoms with Gasteiger partial charge in [-0.25, -0.2) is 0 Å². The average Bonchev–Trinajstić information content (AvgIpc) is 2.46. The molecule has 0 atom stereocenters. The molecule has 0 amide bonds. The zero-order valence-corrected chi connectivity index (χ0v) is 5.04. The Bertz CT molecular complexity index is 62.5. The summed E-state index contributed by atoms with van der Waals surface area (Å²) in [4.78, 5) is 0. The standard InChI is InChI=1S/C5H10ClN/c6-3-5(4-7)1-2-5/h1-4,7H2. The molecule has 1 saturated carbocycles. The molecule has 0 aromatic carbocycles. The average molecular weight is 120 g/mol. The van der Waals surface area contributed by atoms with Crippen molar-refractivity contribution < 1.29 is 0 Å². The Morgan fingerprint density at radius 2 is 2.14 bits per heavy atom. The fraction of sp³-hybridized carbons (Fsp3) is 1.00. The zero-order valence-electron chi connectivity index (χ0n) is 4.28. The Morgan fingerprint density at radius 1 is 1.57 bits per heavy atom. The van der Waals surface area contributed by atoms with E-state index in [4.69, 9.17) is 17.3 Å². The van der Waals surface area contributed by atoms with E-state index in [-0.39, 0.29) is 0 Å². The van der Waals surface area contributed by atoms with Crippen LogP contribution in [0.3, 0.4) is 0 Å². The molecule has 0 aliphatic heterocycles. The zero-order chi connectivity index (χ0) is 5.33. The van der Waals surface area contributed by atoms with Crippen LogP contribution < -0.4 is 5.73 Å². The monoisotopic (exact) mass is 119 g/mol. The van der Waals surface area contributed by atoms with Gasteiger partial charge in [0.2, 0.25) is 0 Å². The molecule has 7 heavy (non-hydrogen) atoms. The molecule has 0 radical (unpaired) electrons. The summed E-state index contributed by atoms with van der Waals surface area (Å²) in [6, 6.07) is 0. The molecule has 0 heterocycles. The molecule has 1 rings (SSSR count). The second kappa shape index (κ2) is 1.64. The fourth-order valence-corrected chi connectivity index (χ4v) is 0.945. The van der Waals surface area contributed by atoms with Gasteiger partial charge in [0, 0.05) is 5.88 Å². The highest BCUT2D eigenvalue weighted by Crippen LogP contribution is 2.45. The van der Waals surface area contributed by atoms with E-state index in [0.717, 1.165) is 12.4 Å². The van der Waals surface area contributed by atoms with Gasteiger partial charge < -0.3 is 5.73 Å². The Labute approximate surface area is 48.8 Å². The van der Waals surface area contributed by atoms with Crippen LogP contribution in [0.2, 0.25) is 0 Å². The second-order valence-electron chi connectivity index (χ2n) is 2.34. The molecule has 0 bridgehead atoms. The van der Waals surface area contributed by atoms with Crippen molar-refractivity contribution in [2.24, 2.45) is 11.1 Å². The maximum Gasteiger partial charge on any atom is 0.0292 e. The minimum absolute atomic E-state index is 0.377. The van der Waals surface area contributed by atoms with Crippen molar-refractivity contribution in [2.45, 2.75) is 12.8 Å². The van der Waals surface area contributed by atoms with Crippen molar-refractivity contribution in [3.8, 4) is 0 Å². The number of halogens is 1. The van der Waals surface area contributed by atoms with Crippen molar-refractivity contribution in [3.05, 3.63) is 0 Å². The van der Waals surface area contributed by atoms with Crippen LogP contribution in [0.4, 0.5) is 0 Å². The summed E-state index contributed by atoms with van der Waals surface area (Å²) in [5.41, 5.74) is 5.77. The lowest BCUT2D eigenvalue weighted by Gasteiger charge is -2.02. The Hall–Kier alpha value is 0.250. The smallest absolute Gasteiger partial charge is 0.0292 e. The van der Waals surface area contributed by atoms with Gasteiger partial charge in [-0.2, -0.15) is 0 Å². The third-order valence-electron chi connectivity index (χ3n) is 1.67. The van der Waals surface area contributed by atoms with Crippen molar-refractivity contribution in [3.63, 3.8) is 0 Å². The summed E-state index contributed by atoms with van der Waals surface area (Å²) in [6.45, 7) is 0.774. The predicted molar refractivity (Wildman–Crippen MR) is 31.4 cm³/mol. The molecule has 1 fully saturated rings. The molecule has 0 aromatic heterocycles. The van der Waals surface area contributed by atoms with E-state index >= 15 is 0 Å². The lowest BCUT2D eigenvalue weighted by atomic mass is 10.1. The topological polar surface area (TPSA) is 26.0 Å². The van der Waals surface area contributed by atoms with Crippen molar-refractivity contribution >= 4 is 11.6 Å². The lowest BCUT2D eigenvalue weighted by molar-refractivity contribution is 0.596. The SMILES string of the molecule is NCC1(CCl)CC1. The van der Waals surface area contributed by atoms with Crippen molar-refractivity contribution in [1.82, 2.24) is 0 Å². The van der Waals surface area contributed by atoms with Gasteiger partial charge in [-0.1, -0.05) is 0 Å². The number of rotatable bonds is 2. The third-order valence-corrected chi connectivity index (χ3v) is 2.24. The van der Waals surface area contributed by atoms with Gasteiger partial charge in [0.1, 0.15) is 0 Å². The number of alkyl halides is 1. The van der Waals surface area contributed by atoms with E-state index in [1.807, 2.05) is 0 Å². The van der Waals surface area contributed by atoms with Gasteiger partial charge in [-0.3, -0.25) is 0 Å². The van der Waals surface area contributed by atoms with Gasteiger partial charge in [0.25, 0.3) is 0 Å². The molecule has 1 aliphatic carbocycles. The summed E-state index contributed by atoms with van der Waals surface area (Å²) in [6.07, 6.45) is 2.49. The molecule has 0 aromatic rings. The van der Waals surface area contributed by atoms with Crippen LogP contribution in [0.5, 0.6) is 0 Å². The second-order valence-corrected chi connectivity index (χ2v) is 2.61. The summed E-state index contributed by atoms with van der Waals surface area (Å²) in [5.74, 6) is 0.753. The van der Waals surface area contributed by atoms with Crippen molar-refractivity contribution in [2.75, 3.05) is 12.4 Å². The first-order valence-corrected chi connectivity index (χ1v) is 3.12. The number of hydrogen-bond acceptors (Lipinski definition) is 1. The Balaban J connectivity index is 2.28. The van der Waals surface area contributed by atoms with Crippen LogP contribution in [-0.2, 0) is 0 Å². The molecule has 1 nitrogen and oxygen atoms in total. The molecule has 2 heteroatoms. The first kappa shape index (κ1) is 5.39. The molecule has 0 unspecified atom stereocenters. The van der Waals surface area contributed by atoms with E-state index in [1.54, 1.807) is 0 Å². The minimum atomic E-state index is 0.377. The van der Waals surface area contributed by atoms with E-state index in [1.165, 1.54) is 12.8 Å². The van der Waals surface area contributed by atoms with Gasteiger partial charge in [-0.05, 0) is 24.8 Å². The summed E-state index contributed by atoms with van der Waals surface area (Å²) in [7, 11) is 0. The van der Waals surface area contributed by atoms with Gasteiger partial charge in [0.05, 0.1) is 0 Å².